The number of hydrogen-bond acceptors (Lipinski definition) is 3. The Morgan fingerprint density at radius 2 is 0.479 bits per heavy atom. The standard InChI is InChI=1S/3C30H22BN/c1-4-13-23(14-5-1)26-20-12-21-28-27-19-10-11-22-29(27)32(25-17-8-3-9-18-25)31(30(26)28)24-15-6-2-7-16-24;1-4-12-23(13-5-1)24-20-21-27-28-18-10-11-19-30(28)32(26-16-8-3-9-17-26)31(29(27)22-24)25-14-6-2-7-15-25;1-4-12-23(13-5-1)24-20-21-29-28(22-24)27-18-10-11-19-30(27)32(26-16-8-3-9-17-26)31(29)25-14-6-2-7-15-25/h3*1-22H. The predicted octanol–water partition coefficient (Wildman–Crippen LogP) is 18.8. The molecule has 3 aliphatic heterocycles. The van der Waals surface area contributed by atoms with E-state index < -0.39 is 0 Å². The van der Waals surface area contributed by atoms with Gasteiger partial charge in [-0.25, -0.2) is 0 Å². The second-order valence-corrected chi connectivity index (χ2v) is 24.6. The summed E-state index contributed by atoms with van der Waals surface area (Å²) in [5, 5.41) is 0. The Kier molecular flexibility index (Phi) is 16.5. The smallest absolute Gasteiger partial charge is 0.329 e. The summed E-state index contributed by atoms with van der Waals surface area (Å²) in [5.74, 6) is 0. The molecular weight excluding hydrogens is 1160 g/mol. The Balaban J connectivity index is 0.000000113. The van der Waals surface area contributed by atoms with Crippen LogP contribution in [-0.4, -0.2) is 20.5 Å². The predicted molar refractivity (Wildman–Crippen MR) is 412 cm³/mol. The van der Waals surface area contributed by atoms with Crippen LogP contribution in [0.1, 0.15) is 0 Å². The second kappa shape index (κ2) is 26.9. The monoisotopic (exact) mass is 1220 g/mol. The van der Waals surface area contributed by atoms with Gasteiger partial charge in [-0.05, 0) is 127 Å². The summed E-state index contributed by atoms with van der Waals surface area (Å²) >= 11 is 0. The molecule has 0 N–H and O–H groups in total. The number of para-hydroxylation sites is 6. The van der Waals surface area contributed by atoms with E-state index in [2.05, 4.69) is 415 Å². The van der Waals surface area contributed by atoms with Crippen molar-refractivity contribution in [2.75, 3.05) is 14.4 Å². The number of anilines is 6. The molecule has 96 heavy (non-hydrogen) atoms. The second-order valence-electron chi connectivity index (χ2n) is 24.6. The molecule has 0 fully saturated rings. The van der Waals surface area contributed by atoms with Gasteiger partial charge in [0.1, 0.15) is 0 Å². The number of rotatable bonds is 9. The van der Waals surface area contributed by atoms with Crippen LogP contribution in [-0.2, 0) is 0 Å². The van der Waals surface area contributed by atoms with Crippen LogP contribution >= 0.6 is 0 Å². The highest BCUT2D eigenvalue weighted by atomic mass is 15.1. The third kappa shape index (κ3) is 11.4. The molecule has 15 aromatic carbocycles. The minimum absolute atomic E-state index is 0.0694. The number of fused-ring (bicyclic) bond motifs is 9. The highest BCUT2D eigenvalue weighted by molar-refractivity contribution is 6.92. The first-order valence-corrected chi connectivity index (χ1v) is 33.2. The molecule has 0 saturated heterocycles. The van der Waals surface area contributed by atoms with Gasteiger partial charge in [0.05, 0.1) is 0 Å². The summed E-state index contributed by atoms with van der Waals surface area (Å²) in [5.41, 5.74) is 30.5. The average Bonchev–Trinajstić information content (AvgIpc) is 0.753. The summed E-state index contributed by atoms with van der Waals surface area (Å²) in [6.07, 6.45) is 0. The molecule has 0 saturated carbocycles. The minimum atomic E-state index is 0.0694. The number of benzene rings is 15. The van der Waals surface area contributed by atoms with E-state index in [9.17, 15) is 0 Å². The van der Waals surface area contributed by atoms with E-state index in [1.807, 2.05) is 0 Å². The van der Waals surface area contributed by atoms with Gasteiger partial charge in [-0.15, -0.1) is 0 Å². The van der Waals surface area contributed by atoms with Crippen molar-refractivity contribution >= 4 is 87.4 Å². The molecule has 0 amide bonds. The first-order valence-electron chi connectivity index (χ1n) is 33.2. The third-order valence-corrected chi connectivity index (χ3v) is 19.0. The molecule has 0 aromatic heterocycles. The topological polar surface area (TPSA) is 9.72 Å². The zero-order valence-electron chi connectivity index (χ0n) is 53.2. The van der Waals surface area contributed by atoms with Gasteiger partial charge < -0.3 is 14.4 Å². The van der Waals surface area contributed by atoms with Crippen molar-refractivity contribution in [3.05, 3.63) is 400 Å². The van der Waals surface area contributed by atoms with Crippen LogP contribution in [0.4, 0.5) is 34.1 Å². The van der Waals surface area contributed by atoms with E-state index in [1.165, 1.54) is 134 Å². The van der Waals surface area contributed by atoms with Crippen LogP contribution in [0.3, 0.4) is 0 Å². The molecule has 3 aliphatic rings. The van der Waals surface area contributed by atoms with Gasteiger partial charge in [0.2, 0.25) is 0 Å². The lowest BCUT2D eigenvalue weighted by Gasteiger charge is -2.40. The van der Waals surface area contributed by atoms with E-state index in [4.69, 9.17) is 0 Å². The fourth-order valence-corrected chi connectivity index (χ4v) is 14.7. The normalized spacial score (nSPS) is 12.2. The van der Waals surface area contributed by atoms with Crippen molar-refractivity contribution in [1.82, 2.24) is 0 Å². The van der Waals surface area contributed by atoms with E-state index in [0.717, 1.165) is 0 Å². The molecule has 18 rings (SSSR count). The fraction of sp³-hybridized carbons (Fsp3) is 0. The van der Waals surface area contributed by atoms with Crippen molar-refractivity contribution in [1.29, 1.82) is 0 Å². The lowest BCUT2D eigenvalue weighted by atomic mass is 9.44. The Morgan fingerprint density at radius 3 is 0.938 bits per heavy atom. The SMILES string of the molecule is c1ccc(B2c3c(-c4ccccc4)cccc3-c3ccccc3N2c2ccccc2)cc1.c1ccc(B2c3cc(-c4ccccc4)ccc3-c3ccccc3N2c2ccccc2)cc1.c1ccc(B2c3ccc(-c4ccccc4)cc3-c3ccccc3N2c2ccccc2)cc1. The van der Waals surface area contributed by atoms with Crippen LogP contribution in [0, 0.1) is 0 Å². The van der Waals surface area contributed by atoms with Crippen LogP contribution in [0.2, 0.25) is 0 Å². The lowest BCUT2D eigenvalue weighted by Crippen LogP contribution is -2.58. The fourth-order valence-electron chi connectivity index (χ4n) is 14.7. The number of hydrogen-bond donors (Lipinski definition) is 0. The van der Waals surface area contributed by atoms with Crippen LogP contribution in [0.15, 0.2) is 400 Å². The largest absolute Gasteiger partial charge is 0.376 e. The summed E-state index contributed by atoms with van der Waals surface area (Å²) in [6, 6.07) is 144. The first-order chi connectivity index (χ1) is 47.7. The summed E-state index contributed by atoms with van der Waals surface area (Å²) < 4.78 is 0. The maximum Gasteiger partial charge on any atom is 0.329 e. The molecule has 0 unspecified atom stereocenters. The van der Waals surface area contributed by atoms with Crippen molar-refractivity contribution in [2.24, 2.45) is 0 Å². The molecule has 0 spiro atoms. The quantitative estimate of drug-likeness (QED) is 0.133. The molecule has 0 atom stereocenters. The third-order valence-electron chi connectivity index (χ3n) is 19.0. The van der Waals surface area contributed by atoms with E-state index in [0.29, 0.717) is 0 Å². The van der Waals surface area contributed by atoms with Crippen molar-refractivity contribution in [3.8, 4) is 66.8 Å². The molecule has 15 aromatic rings. The summed E-state index contributed by atoms with van der Waals surface area (Å²) in [4.78, 5) is 7.47. The van der Waals surface area contributed by atoms with Gasteiger partial charge in [0.25, 0.3) is 0 Å². The van der Waals surface area contributed by atoms with Gasteiger partial charge in [-0.3, -0.25) is 0 Å². The lowest BCUT2D eigenvalue weighted by molar-refractivity contribution is 1.36. The summed E-state index contributed by atoms with van der Waals surface area (Å²) in [6.45, 7) is 0.264. The average molecular weight is 1220 g/mol. The van der Waals surface area contributed by atoms with Gasteiger partial charge in [0, 0.05) is 50.8 Å². The van der Waals surface area contributed by atoms with Crippen molar-refractivity contribution < 1.29 is 0 Å². The molecular formula is C90H66B3N3. The molecule has 0 bridgehead atoms. The molecule has 0 radical (unpaired) electrons. The van der Waals surface area contributed by atoms with Gasteiger partial charge in [-0.2, -0.15) is 0 Å². The maximum absolute atomic E-state index is 2.50. The van der Waals surface area contributed by atoms with Crippen LogP contribution < -0.4 is 47.2 Å². The Labute approximate surface area is 565 Å². The number of nitrogens with zero attached hydrogens (tertiary/aromatic N) is 3. The van der Waals surface area contributed by atoms with E-state index >= 15 is 0 Å². The zero-order valence-corrected chi connectivity index (χ0v) is 53.2. The van der Waals surface area contributed by atoms with Crippen LogP contribution in [0.25, 0.3) is 66.8 Å². The van der Waals surface area contributed by atoms with Crippen LogP contribution in [0.5, 0.6) is 0 Å². The maximum atomic E-state index is 2.50. The van der Waals surface area contributed by atoms with Gasteiger partial charge in [-0.1, -0.05) is 356 Å². The van der Waals surface area contributed by atoms with Crippen molar-refractivity contribution in [2.45, 2.75) is 0 Å². The zero-order chi connectivity index (χ0) is 64.0. The summed E-state index contributed by atoms with van der Waals surface area (Å²) in [7, 11) is 0. The highest BCUT2D eigenvalue weighted by Gasteiger charge is 2.41. The van der Waals surface area contributed by atoms with Gasteiger partial charge >= 0.3 is 20.5 Å². The highest BCUT2D eigenvalue weighted by Crippen LogP contribution is 2.44. The minimum Gasteiger partial charge on any atom is -0.376 e. The Hall–Kier alpha value is -12.1. The van der Waals surface area contributed by atoms with E-state index in [1.54, 1.807) is 0 Å². The Bertz CT molecular complexity index is 5080. The Morgan fingerprint density at radius 1 is 0.167 bits per heavy atom. The molecule has 6 heteroatoms. The molecule has 450 valence electrons. The molecule has 3 nitrogen and oxygen atoms in total. The molecule has 3 heterocycles. The first kappa shape index (κ1) is 58.9. The molecule has 0 aliphatic carbocycles. The van der Waals surface area contributed by atoms with Gasteiger partial charge in [0.15, 0.2) is 0 Å². The van der Waals surface area contributed by atoms with E-state index in [-0.39, 0.29) is 20.5 Å². The van der Waals surface area contributed by atoms with Crippen molar-refractivity contribution in [3.63, 3.8) is 0 Å².